The van der Waals surface area contributed by atoms with Crippen molar-refractivity contribution in [2.45, 2.75) is 55.7 Å². The number of rotatable bonds is 4. The lowest BCUT2D eigenvalue weighted by Gasteiger charge is -2.30. The lowest BCUT2D eigenvalue weighted by atomic mass is 9.91. The number of hydrogen-bond donors (Lipinski definition) is 1. The van der Waals surface area contributed by atoms with Gasteiger partial charge in [-0.15, -0.1) is 4.72 Å². The summed E-state index contributed by atoms with van der Waals surface area (Å²) < 4.78 is 45.3. The number of halogens is 1. The average molecular weight is 509 g/mol. The molecule has 0 bridgehead atoms. The Morgan fingerprint density at radius 3 is 2.47 bits per heavy atom. The predicted octanol–water partition coefficient (Wildman–Crippen LogP) is 5.07. The van der Waals surface area contributed by atoms with E-state index in [1.807, 2.05) is 45.0 Å². The van der Waals surface area contributed by atoms with Crippen molar-refractivity contribution >= 4 is 48.2 Å². The van der Waals surface area contributed by atoms with Crippen LogP contribution in [0.2, 0.25) is 0 Å². The number of para-hydroxylation sites is 1. The van der Waals surface area contributed by atoms with E-state index in [0.29, 0.717) is 11.9 Å². The van der Waals surface area contributed by atoms with Crippen LogP contribution in [0.1, 0.15) is 50.9 Å². The second kappa shape index (κ2) is 7.98. The van der Waals surface area contributed by atoms with Crippen molar-refractivity contribution in [3.05, 3.63) is 64.3 Å². The summed E-state index contributed by atoms with van der Waals surface area (Å²) in [5.41, 5.74) is 2.41. The first-order valence-corrected chi connectivity index (χ1v) is 13.3. The summed E-state index contributed by atoms with van der Waals surface area (Å²) >= 11 is 2.12. The van der Waals surface area contributed by atoms with E-state index in [-0.39, 0.29) is 10.9 Å². The minimum atomic E-state index is -3.77. The second-order valence-electron chi connectivity index (χ2n) is 8.54. The monoisotopic (exact) mass is 508 g/mol. The van der Waals surface area contributed by atoms with Gasteiger partial charge in [-0.3, -0.25) is 0 Å². The molecule has 5 nitrogen and oxygen atoms in total. The Morgan fingerprint density at radius 2 is 1.80 bits per heavy atom. The van der Waals surface area contributed by atoms with Gasteiger partial charge in [0, 0.05) is 32.5 Å². The van der Waals surface area contributed by atoms with Crippen LogP contribution >= 0.6 is 15.9 Å². The van der Waals surface area contributed by atoms with Gasteiger partial charge in [0.2, 0.25) is 0 Å². The number of fused-ring (bicyclic) bond motifs is 3. The Balaban J connectivity index is 1.91. The number of nitrogens with one attached hydrogen (secondary N) is 1. The molecule has 1 aliphatic carbocycles. The SMILES string of the molecule is CC(C)(C)[S+]([O-])N[C@@H]1CCCc2c1c1ccccc1n2S(=O)(=O)c1ccc(Br)cc1. The third-order valence-corrected chi connectivity index (χ3v) is 9.29. The van der Waals surface area contributed by atoms with Gasteiger partial charge >= 0.3 is 0 Å². The number of nitrogens with zero attached hydrogens (tertiary/aromatic N) is 1. The zero-order chi connectivity index (χ0) is 21.7. The Morgan fingerprint density at radius 1 is 1.13 bits per heavy atom. The lowest BCUT2D eigenvalue weighted by molar-refractivity contribution is 0.488. The van der Waals surface area contributed by atoms with E-state index in [1.165, 1.54) is 3.97 Å². The quantitative estimate of drug-likeness (QED) is 0.499. The first-order chi connectivity index (χ1) is 14.1. The highest BCUT2D eigenvalue weighted by atomic mass is 79.9. The maximum Gasteiger partial charge on any atom is 0.268 e. The molecule has 0 saturated carbocycles. The van der Waals surface area contributed by atoms with Crippen molar-refractivity contribution in [2.75, 3.05) is 0 Å². The Kier molecular flexibility index (Phi) is 5.83. The van der Waals surface area contributed by atoms with Gasteiger partial charge in [-0.05, 0) is 70.4 Å². The molecule has 1 aromatic heterocycles. The van der Waals surface area contributed by atoms with Crippen LogP contribution in [0.25, 0.3) is 10.9 Å². The molecule has 2 atom stereocenters. The molecule has 0 amide bonds. The van der Waals surface area contributed by atoms with Gasteiger partial charge in [-0.25, -0.2) is 12.4 Å². The maximum atomic E-state index is 13.6. The van der Waals surface area contributed by atoms with Crippen molar-refractivity contribution in [1.29, 1.82) is 0 Å². The largest absolute Gasteiger partial charge is 0.598 e. The topological polar surface area (TPSA) is 74.2 Å². The van der Waals surface area contributed by atoms with Crippen molar-refractivity contribution in [2.24, 2.45) is 0 Å². The molecular formula is C22H25BrN2O3S2. The highest BCUT2D eigenvalue weighted by Crippen LogP contribution is 2.40. The number of aromatic nitrogens is 1. The van der Waals surface area contributed by atoms with Crippen molar-refractivity contribution < 1.29 is 13.0 Å². The molecule has 1 unspecified atom stereocenters. The third kappa shape index (κ3) is 3.84. The summed E-state index contributed by atoms with van der Waals surface area (Å²) in [6.07, 6.45) is 2.32. The first-order valence-electron chi connectivity index (χ1n) is 9.92. The van der Waals surface area contributed by atoms with E-state index in [1.54, 1.807) is 24.3 Å². The van der Waals surface area contributed by atoms with Gasteiger partial charge in [-0.1, -0.05) is 34.1 Å². The maximum absolute atomic E-state index is 13.6. The smallest absolute Gasteiger partial charge is 0.268 e. The minimum absolute atomic E-state index is 0.153. The van der Waals surface area contributed by atoms with Crippen LogP contribution < -0.4 is 4.72 Å². The fourth-order valence-electron chi connectivity index (χ4n) is 3.94. The van der Waals surface area contributed by atoms with Gasteiger partial charge < -0.3 is 4.55 Å². The van der Waals surface area contributed by atoms with E-state index >= 15 is 0 Å². The zero-order valence-corrected chi connectivity index (χ0v) is 20.4. The Hall–Kier alpha value is -1.32. The number of hydrogen-bond acceptors (Lipinski definition) is 4. The molecular weight excluding hydrogens is 484 g/mol. The van der Waals surface area contributed by atoms with Gasteiger partial charge in [0.25, 0.3) is 10.0 Å². The van der Waals surface area contributed by atoms with E-state index < -0.39 is 26.1 Å². The molecule has 160 valence electrons. The molecule has 0 fully saturated rings. The van der Waals surface area contributed by atoms with E-state index in [0.717, 1.165) is 34.0 Å². The van der Waals surface area contributed by atoms with Crippen molar-refractivity contribution in [3.8, 4) is 0 Å². The summed E-state index contributed by atoms with van der Waals surface area (Å²) in [5.74, 6) is 0. The first kappa shape index (κ1) is 21.9. The van der Waals surface area contributed by atoms with Gasteiger partial charge in [-0.2, -0.15) is 0 Å². The standard InChI is InChI=1S/C22H25BrN2O3S2/c1-22(2,3)29(26)24-18-8-6-10-20-21(18)17-7-4-5-9-19(17)25(20)30(27,28)16-13-11-15(23)12-14-16/h4-5,7,9,11-14,18,24H,6,8,10H2,1-3H3/t18-,29?/m1/s1. The highest BCUT2D eigenvalue weighted by molar-refractivity contribution is 9.10. The van der Waals surface area contributed by atoms with Crippen LogP contribution in [0.15, 0.2) is 57.9 Å². The van der Waals surface area contributed by atoms with Crippen LogP contribution in [0.5, 0.6) is 0 Å². The summed E-state index contributed by atoms with van der Waals surface area (Å²) in [7, 11) is -3.77. The van der Waals surface area contributed by atoms with Crippen LogP contribution in [0, 0.1) is 0 Å². The van der Waals surface area contributed by atoms with Gasteiger partial charge in [0.1, 0.15) is 4.75 Å². The van der Waals surface area contributed by atoms with E-state index in [9.17, 15) is 13.0 Å². The summed E-state index contributed by atoms with van der Waals surface area (Å²) in [5, 5.41) is 0.899. The lowest BCUT2D eigenvalue weighted by Crippen LogP contribution is -2.42. The van der Waals surface area contributed by atoms with E-state index in [4.69, 9.17) is 0 Å². The fraction of sp³-hybridized carbons (Fsp3) is 0.364. The summed E-state index contributed by atoms with van der Waals surface area (Å²) in [6.45, 7) is 5.80. The Bertz CT molecular complexity index is 1180. The van der Waals surface area contributed by atoms with Gasteiger partial charge in [0.15, 0.2) is 0 Å². The molecule has 2 aromatic carbocycles. The van der Waals surface area contributed by atoms with Crippen LogP contribution in [0.4, 0.5) is 0 Å². The molecule has 1 N–H and O–H groups in total. The van der Waals surface area contributed by atoms with Gasteiger partial charge in [0.05, 0.1) is 16.5 Å². The average Bonchev–Trinajstić information content (AvgIpc) is 3.03. The second-order valence-corrected chi connectivity index (χ2v) is 13.2. The molecule has 1 aliphatic rings. The predicted molar refractivity (Wildman–Crippen MR) is 125 cm³/mol. The van der Waals surface area contributed by atoms with Crippen LogP contribution in [0.3, 0.4) is 0 Å². The third-order valence-electron chi connectivity index (χ3n) is 5.38. The van der Waals surface area contributed by atoms with Crippen molar-refractivity contribution in [1.82, 2.24) is 8.69 Å². The van der Waals surface area contributed by atoms with Crippen LogP contribution in [-0.4, -0.2) is 21.7 Å². The highest BCUT2D eigenvalue weighted by Gasteiger charge is 2.36. The molecule has 3 aromatic rings. The summed E-state index contributed by atoms with van der Waals surface area (Å²) in [6, 6.07) is 14.2. The minimum Gasteiger partial charge on any atom is -0.598 e. The molecule has 0 radical (unpaired) electrons. The summed E-state index contributed by atoms with van der Waals surface area (Å²) in [4.78, 5) is 0.252. The fourth-order valence-corrected chi connectivity index (χ4v) is 6.64. The zero-order valence-electron chi connectivity index (χ0n) is 17.2. The van der Waals surface area contributed by atoms with Crippen LogP contribution in [-0.2, 0) is 27.8 Å². The molecule has 0 aliphatic heterocycles. The molecule has 0 spiro atoms. The molecule has 4 rings (SSSR count). The molecule has 0 saturated heterocycles. The number of benzene rings is 2. The van der Waals surface area contributed by atoms with Crippen molar-refractivity contribution in [3.63, 3.8) is 0 Å². The van der Waals surface area contributed by atoms with E-state index in [2.05, 4.69) is 20.7 Å². The molecule has 8 heteroatoms. The normalized spacial score (nSPS) is 18.4. The molecule has 30 heavy (non-hydrogen) atoms. The molecule has 1 heterocycles. The Labute approximate surface area is 189 Å².